The van der Waals surface area contributed by atoms with Gasteiger partial charge in [0.2, 0.25) is 0 Å². The van der Waals surface area contributed by atoms with Crippen LogP contribution >= 0.6 is 0 Å². The quantitative estimate of drug-likeness (QED) is 0.665. The molecule has 1 aliphatic heterocycles. The normalized spacial score (nSPS) is 19.8. The van der Waals surface area contributed by atoms with Gasteiger partial charge in [0.05, 0.1) is 18.0 Å². The minimum Gasteiger partial charge on any atom is -0.489 e. The molecule has 0 unspecified atom stereocenters. The Morgan fingerprint density at radius 2 is 1.71 bits per heavy atom. The molecule has 0 aliphatic carbocycles. The van der Waals surface area contributed by atoms with Crippen molar-refractivity contribution in [1.29, 1.82) is 0 Å². The molecule has 6 nitrogen and oxygen atoms in total. The van der Waals surface area contributed by atoms with Crippen molar-refractivity contribution in [2.75, 3.05) is 31.3 Å². The van der Waals surface area contributed by atoms with Crippen LogP contribution in [0.1, 0.15) is 27.7 Å². The smallest absolute Gasteiger partial charge is 0.144 e. The summed E-state index contributed by atoms with van der Waals surface area (Å²) in [5.41, 5.74) is 6.33. The molecule has 0 bridgehead atoms. The fourth-order valence-electron chi connectivity index (χ4n) is 1.76. The number of benzene rings is 1. The van der Waals surface area contributed by atoms with E-state index in [0.29, 0.717) is 24.7 Å². The summed E-state index contributed by atoms with van der Waals surface area (Å²) in [6.45, 7) is 8.88. The van der Waals surface area contributed by atoms with Crippen molar-refractivity contribution in [3.05, 3.63) is 18.2 Å². The van der Waals surface area contributed by atoms with Crippen molar-refractivity contribution in [1.82, 2.24) is 0 Å². The van der Waals surface area contributed by atoms with E-state index >= 15 is 0 Å². The predicted molar refractivity (Wildman–Crippen MR) is 81.0 cm³/mol. The minimum absolute atomic E-state index is 0.433. The first kappa shape index (κ1) is 15.9. The lowest BCUT2D eigenvalue weighted by atomic mass is 9.90. The van der Waals surface area contributed by atoms with Gasteiger partial charge in [0.15, 0.2) is 0 Å². The van der Waals surface area contributed by atoms with Crippen molar-refractivity contribution in [2.45, 2.75) is 38.9 Å². The van der Waals surface area contributed by atoms with Crippen LogP contribution in [0, 0.1) is 0 Å². The van der Waals surface area contributed by atoms with Crippen LogP contribution in [-0.4, -0.2) is 31.5 Å². The Bertz CT molecular complexity index is 486. The van der Waals surface area contributed by atoms with E-state index in [-0.39, 0.29) is 0 Å². The highest BCUT2D eigenvalue weighted by molar-refractivity contribution is 5.61. The molecule has 118 valence electrons. The minimum atomic E-state index is -0.439. The van der Waals surface area contributed by atoms with E-state index in [1.807, 2.05) is 33.8 Å². The standard InChI is InChI=1S/C15H24N2O4/c1-14(2)15(3,4)21-17(20-14)11-6-7-12(16)13(10-11)19-9-8-18-5/h6-7,10H,8-9,16H2,1-5H3. The molecule has 0 saturated carbocycles. The van der Waals surface area contributed by atoms with Crippen LogP contribution in [0.4, 0.5) is 11.4 Å². The lowest BCUT2D eigenvalue weighted by Crippen LogP contribution is -2.41. The number of ether oxygens (including phenoxy) is 2. The van der Waals surface area contributed by atoms with E-state index in [0.717, 1.165) is 5.69 Å². The van der Waals surface area contributed by atoms with Gasteiger partial charge < -0.3 is 15.2 Å². The molecule has 1 fully saturated rings. The number of rotatable bonds is 5. The number of methoxy groups -OCH3 is 1. The second-order valence-corrected chi connectivity index (χ2v) is 6.02. The molecule has 1 aliphatic rings. The first-order chi connectivity index (χ1) is 9.77. The number of anilines is 2. The van der Waals surface area contributed by atoms with Crippen molar-refractivity contribution in [2.24, 2.45) is 0 Å². The van der Waals surface area contributed by atoms with Gasteiger partial charge in [-0.25, -0.2) is 9.68 Å². The Balaban J connectivity index is 2.16. The molecule has 0 radical (unpaired) electrons. The van der Waals surface area contributed by atoms with Crippen LogP contribution in [0.3, 0.4) is 0 Å². The summed E-state index contributed by atoms with van der Waals surface area (Å²) in [4.78, 5) is 11.7. The van der Waals surface area contributed by atoms with Gasteiger partial charge >= 0.3 is 0 Å². The molecular weight excluding hydrogens is 272 g/mol. The summed E-state index contributed by atoms with van der Waals surface area (Å²) in [7, 11) is 1.62. The molecule has 0 aromatic heterocycles. The third-order valence-electron chi connectivity index (χ3n) is 3.83. The number of hydrogen-bond acceptors (Lipinski definition) is 6. The average Bonchev–Trinajstić information content (AvgIpc) is 2.61. The second kappa shape index (κ2) is 5.71. The van der Waals surface area contributed by atoms with Crippen LogP contribution in [-0.2, 0) is 14.4 Å². The van der Waals surface area contributed by atoms with Crippen LogP contribution in [0.5, 0.6) is 5.75 Å². The van der Waals surface area contributed by atoms with Gasteiger partial charge in [-0.15, -0.1) is 5.23 Å². The van der Waals surface area contributed by atoms with E-state index in [1.54, 1.807) is 19.2 Å². The van der Waals surface area contributed by atoms with Gasteiger partial charge in [-0.2, -0.15) is 0 Å². The zero-order valence-corrected chi connectivity index (χ0v) is 13.3. The molecule has 1 heterocycles. The molecule has 2 rings (SSSR count). The first-order valence-corrected chi connectivity index (χ1v) is 6.96. The van der Waals surface area contributed by atoms with E-state index in [1.165, 1.54) is 5.23 Å². The SMILES string of the molecule is COCCOc1cc(N2OC(C)(C)C(C)(C)O2)ccc1N. The maximum Gasteiger partial charge on any atom is 0.144 e. The second-order valence-electron chi connectivity index (χ2n) is 6.02. The maximum atomic E-state index is 5.91. The zero-order valence-electron chi connectivity index (χ0n) is 13.3. The summed E-state index contributed by atoms with van der Waals surface area (Å²) < 4.78 is 10.6. The predicted octanol–water partition coefficient (Wildman–Crippen LogP) is 2.53. The van der Waals surface area contributed by atoms with Crippen molar-refractivity contribution >= 4 is 11.4 Å². The Morgan fingerprint density at radius 1 is 1.10 bits per heavy atom. The van der Waals surface area contributed by atoms with Crippen LogP contribution in [0.15, 0.2) is 18.2 Å². The summed E-state index contributed by atoms with van der Waals surface area (Å²) in [5.74, 6) is 0.583. The first-order valence-electron chi connectivity index (χ1n) is 6.96. The molecular formula is C15H24N2O4. The number of nitrogen functional groups attached to an aromatic ring is 1. The van der Waals surface area contributed by atoms with E-state index < -0.39 is 11.2 Å². The van der Waals surface area contributed by atoms with Crippen molar-refractivity contribution < 1.29 is 19.1 Å². The van der Waals surface area contributed by atoms with Gasteiger partial charge in [-0.3, -0.25) is 0 Å². The molecule has 1 aromatic rings. The van der Waals surface area contributed by atoms with Gasteiger partial charge in [-0.1, -0.05) is 0 Å². The largest absolute Gasteiger partial charge is 0.489 e. The molecule has 1 aromatic carbocycles. The van der Waals surface area contributed by atoms with Crippen LogP contribution < -0.4 is 15.7 Å². The Hall–Kier alpha value is -1.50. The highest BCUT2D eigenvalue weighted by atomic mass is 17.0. The Kier molecular flexibility index (Phi) is 4.32. The number of nitrogens with zero attached hydrogens (tertiary/aromatic N) is 1. The Labute approximate surface area is 125 Å². The number of nitrogens with two attached hydrogens (primary N) is 1. The lowest BCUT2D eigenvalue weighted by Gasteiger charge is -2.26. The molecule has 2 N–H and O–H groups in total. The third kappa shape index (κ3) is 3.23. The summed E-state index contributed by atoms with van der Waals surface area (Å²) in [5, 5.41) is 1.42. The van der Waals surface area contributed by atoms with E-state index in [2.05, 4.69) is 0 Å². The molecule has 21 heavy (non-hydrogen) atoms. The molecule has 1 saturated heterocycles. The van der Waals surface area contributed by atoms with Gasteiger partial charge in [0.25, 0.3) is 0 Å². The fourth-order valence-corrected chi connectivity index (χ4v) is 1.76. The summed E-state index contributed by atoms with van der Waals surface area (Å²) in [6, 6.07) is 5.39. The van der Waals surface area contributed by atoms with Crippen molar-refractivity contribution in [3.63, 3.8) is 0 Å². The van der Waals surface area contributed by atoms with E-state index in [9.17, 15) is 0 Å². The highest BCUT2D eigenvalue weighted by Crippen LogP contribution is 2.41. The third-order valence-corrected chi connectivity index (χ3v) is 3.83. The molecule has 0 spiro atoms. The van der Waals surface area contributed by atoms with Gasteiger partial charge in [-0.05, 0) is 39.8 Å². The van der Waals surface area contributed by atoms with Crippen molar-refractivity contribution in [3.8, 4) is 5.75 Å². The average molecular weight is 296 g/mol. The molecule has 0 amide bonds. The lowest BCUT2D eigenvalue weighted by molar-refractivity contribution is -0.0273. The molecule has 0 atom stereocenters. The summed E-state index contributed by atoms with van der Waals surface area (Å²) in [6.07, 6.45) is 0. The van der Waals surface area contributed by atoms with Gasteiger partial charge in [0, 0.05) is 13.2 Å². The Morgan fingerprint density at radius 3 is 2.29 bits per heavy atom. The highest BCUT2D eigenvalue weighted by Gasteiger charge is 2.50. The maximum absolute atomic E-state index is 5.91. The molecule has 6 heteroatoms. The number of hydrogen-bond donors (Lipinski definition) is 1. The fraction of sp³-hybridized carbons (Fsp3) is 0.600. The van der Waals surface area contributed by atoms with E-state index in [4.69, 9.17) is 24.9 Å². The zero-order chi connectivity index (χ0) is 15.7. The monoisotopic (exact) mass is 296 g/mol. The summed E-state index contributed by atoms with van der Waals surface area (Å²) >= 11 is 0. The van der Waals surface area contributed by atoms with Crippen LogP contribution in [0.25, 0.3) is 0 Å². The van der Waals surface area contributed by atoms with Gasteiger partial charge in [0.1, 0.15) is 23.6 Å². The van der Waals surface area contributed by atoms with Crippen LogP contribution in [0.2, 0.25) is 0 Å². The topological polar surface area (TPSA) is 66.2 Å².